The molecule has 0 saturated carbocycles. The number of carbonyl (C=O) groups excluding carboxylic acids is 1. The number of allylic oxidation sites excluding steroid dienone is 1. The van der Waals surface area contributed by atoms with E-state index in [0.29, 0.717) is 33.2 Å². The van der Waals surface area contributed by atoms with Gasteiger partial charge in [0.2, 0.25) is 0 Å². The van der Waals surface area contributed by atoms with Crippen molar-refractivity contribution in [2.45, 2.75) is 32.7 Å². The summed E-state index contributed by atoms with van der Waals surface area (Å²) in [6.07, 6.45) is -3.49. The number of carbonyl (C=O) groups is 1. The van der Waals surface area contributed by atoms with Gasteiger partial charge in [-0.15, -0.1) is 0 Å². The summed E-state index contributed by atoms with van der Waals surface area (Å²) in [5.41, 5.74) is -1.18. The van der Waals surface area contributed by atoms with E-state index in [9.17, 15) is 22.8 Å². The molecule has 0 saturated heterocycles. The number of fused-ring (bicyclic) bond motifs is 1. The topological polar surface area (TPSA) is 79.1 Å². The molecule has 0 radical (unpaired) electrons. The van der Waals surface area contributed by atoms with Crippen LogP contribution in [0.3, 0.4) is 0 Å². The van der Waals surface area contributed by atoms with Gasteiger partial charge in [0.25, 0.3) is 5.56 Å². The van der Waals surface area contributed by atoms with E-state index >= 15 is 0 Å². The molecule has 0 spiro atoms. The number of thiazole rings is 1. The average Bonchev–Trinajstić information content (AvgIpc) is 3.31. The van der Waals surface area contributed by atoms with Crippen LogP contribution in [0.4, 0.5) is 13.2 Å². The number of halogens is 6. The lowest BCUT2D eigenvalue weighted by atomic mass is 9.95. The molecule has 0 fully saturated rings. The van der Waals surface area contributed by atoms with Crippen molar-refractivity contribution in [3.63, 3.8) is 0 Å². The Balaban J connectivity index is 1.64. The second-order valence-electron chi connectivity index (χ2n) is 9.79. The van der Waals surface area contributed by atoms with Crippen LogP contribution >= 0.6 is 54.8 Å². The van der Waals surface area contributed by atoms with Crippen LogP contribution in [-0.4, -0.2) is 29.9 Å². The summed E-state index contributed by atoms with van der Waals surface area (Å²) in [7, 11) is 0. The highest BCUT2D eigenvalue weighted by Crippen LogP contribution is 2.39. The molecule has 0 aliphatic carbocycles. The Morgan fingerprint density at radius 1 is 1.04 bits per heavy atom. The summed E-state index contributed by atoms with van der Waals surface area (Å²) in [6, 6.07) is 15.4. The molecule has 1 aliphatic rings. The number of alkyl halides is 3. The van der Waals surface area contributed by atoms with Gasteiger partial charge >= 0.3 is 12.1 Å². The van der Waals surface area contributed by atoms with E-state index in [-0.39, 0.29) is 28.1 Å². The van der Waals surface area contributed by atoms with Gasteiger partial charge in [-0.1, -0.05) is 63.1 Å². The lowest BCUT2D eigenvalue weighted by molar-refractivity contribution is -0.140. The summed E-state index contributed by atoms with van der Waals surface area (Å²) in [5, 5.41) is 0.328. The molecule has 3 aromatic carbocycles. The van der Waals surface area contributed by atoms with Crippen LogP contribution in [-0.2, 0) is 16.1 Å². The summed E-state index contributed by atoms with van der Waals surface area (Å²) in [5.74, 6) is -0.382. The van der Waals surface area contributed by atoms with Crippen LogP contribution in [0.1, 0.15) is 36.6 Å². The van der Waals surface area contributed by atoms with Gasteiger partial charge in [-0.2, -0.15) is 13.2 Å². The number of aromatic nitrogens is 1. The lowest BCUT2D eigenvalue weighted by Gasteiger charge is -2.26. The van der Waals surface area contributed by atoms with Crippen molar-refractivity contribution in [1.82, 2.24) is 4.57 Å². The van der Waals surface area contributed by atoms with Gasteiger partial charge in [-0.05, 0) is 88.9 Å². The number of rotatable bonds is 9. The fourth-order valence-corrected chi connectivity index (χ4v) is 6.73. The van der Waals surface area contributed by atoms with E-state index in [2.05, 4.69) is 36.9 Å². The van der Waals surface area contributed by atoms with Crippen LogP contribution < -0.4 is 24.4 Å². The second kappa shape index (κ2) is 14.2. The maximum Gasteiger partial charge on any atom is 0.434 e. The number of ether oxygens (including phenoxy) is 3. The molecule has 2 heterocycles. The molecule has 7 nitrogen and oxygen atoms in total. The normalized spacial score (nSPS) is 15.0. The van der Waals surface area contributed by atoms with E-state index in [1.54, 1.807) is 12.1 Å². The first-order valence-electron chi connectivity index (χ1n) is 13.8. The maximum atomic E-state index is 14.4. The Kier molecular flexibility index (Phi) is 10.5. The highest BCUT2D eigenvalue weighted by atomic mass is 79.9. The van der Waals surface area contributed by atoms with Gasteiger partial charge in [0.15, 0.2) is 22.0 Å². The van der Waals surface area contributed by atoms with E-state index in [0.717, 1.165) is 25.9 Å². The summed E-state index contributed by atoms with van der Waals surface area (Å²) >= 11 is 13.8. The number of esters is 1. The van der Waals surface area contributed by atoms with Crippen molar-refractivity contribution in [3.8, 4) is 11.5 Å². The van der Waals surface area contributed by atoms with Gasteiger partial charge in [-0.25, -0.2) is 9.79 Å². The standard InChI is InChI=1S/C32H24Br2ClF3N2O5S/c1-3-43-23-14-18(13-22(34)27(23)45-16-17-5-9-20(33)10-6-17)15-24-29(41)40-26(19-7-11-21(35)12-8-19)25(30(42)44-4-2)28(32(36,37)38)39-31(40)46-24/h5-15,26H,3-4,16H2,1-2H3/b24-15-/t26-/m1/s1. The highest BCUT2D eigenvalue weighted by molar-refractivity contribution is 9.10. The molecular weight excluding hydrogens is 777 g/mol. The fraction of sp³-hybridized carbons (Fsp3) is 0.219. The molecule has 240 valence electrons. The molecular formula is C32H24Br2ClF3N2O5S. The van der Waals surface area contributed by atoms with Crippen molar-refractivity contribution >= 4 is 66.8 Å². The molecule has 46 heavy (non-hydrogen) atoms. The Morgan fingerprint density at radius 3 is 2.37 bits per heavy atom. The number of hydrogen-bond donors (Lipinski definition) is 0. The molecule has 0 amide bonds. The van der Waals surface area contributed by atoms with E-state index in [1.165, 1.54) is 37.3 Å². The minimum atomic E-state index is -5.01. The van der Waals surface area contributed by atoms with Crippen molar-refractivity contribution in [2.75, 3.05) is 13.2 Å². The minimum absolute atomic E-state index is 0.0854. The van der Waals surface area contributed by atoms with Crippen LogP contribution in [0.2, 0.25) is 5.02 Å². The van der Waals surface area contributed by atoms with E-state index < -0.39 is 35.0 Å². The third-order valence-corrected chi connectivity index (χ3v) is 9.06. The average molecular weight is 801 g/mol. The molecule has 1 atom stereocenters. The largest absolute Gasteiger partial charge is 0.490 e. The van der Waals surface area contributed by atoms with Crippen molar-refractivity contribution in [3.05, 3.63) is 122 Å². The van der Waals surface area contributed by atoms with Crippen LogP contribution in [0, 0.1) is 0 Å². The monoisotopic (exact) mass is 798 g/mol. The third-order valence-electron chi connectivity index (χ3n) is 6.71. The third kappa shape index (κ3) is 7.27. The smallest absolute Gasteiger partial charge is 0.434 e. The SMILES string of the molecule is CCOC(=O)C1=C(C(F)(F)F)N=c2s/c(=C\c3cc(Br)c(OCc4ccc(Br)cc4)c(OCC)c3)c(=O)n2[C@@H]1c1ccc(Cl)cc1. The Hall–Kier alpha value is -3.39. The molecule has 1 aliphatic heterocycles. The first-order chi connectivity index (χ1) is 21.9. The molecule has 14 heteroatoms. The van der Waals surface area contributed by atoms with Gasteiger partial charge in [0, 0.05) is 9.50 Å². The van der Waals surface area contributed by atoms with E-state index in [1.807, 2.05) is 31.2 Å². The van der Waals surface area contributed by atoms with Gasteiger partial charge < -0.3 is 14.2 Å². The molecule has 0 bridgehead atoms. The highest BCUT2D eigenvalue weighted by Gasteiger charge is 2.45. The number of nitrogens with zero attached hydrogens (tertiary/aromatic N) is 2. The van der Waals surface area contributed by atoms with Crippen molar-refractivity contribution < 1.29 is 32.2 Å². The number of hydrogen-bond acceptors (Lipinski definition) is 7. The quantitative estimate of drug-likeness (QED) is 0.164. The molecule has 0 unspecified atom stereocenters. The summed E-state index contributed by atoms with van der Waals surface area (Å²) < 4.78 is 62.7. The predicted octanol–water partition coefficient (Wildman–Crippen LogP) is 7.50. The molecule has 1 aromatic heterocycles. The van der Waals surface area contributed by atoms with Crippen LogP contribution in [0.15, 0.2) is 90.7 Å². The zero-order chi connectivity index (χ0) is 33.2. The van der Waals surface area contributed by atoms with Crippen molar-refractivity contribution in [1.29, 1.82) is 0 Å². The predicted molar refractivity (Wildman–Crippen MR) is 176 cm³/mol. The van der Waals surface area contributed by atoms with E-state index in [4.69, 9.17) is 25.8 Å². The molecule has 5 rings (SSSR count). The minimum Gasteiger partial charge on any atom is -0.490 e. The Labute approximate surface area is 286 Å². The van der Waals surface area contributed by atoms with Crippen LogP contribution in [0.25, 0.3) is 6.08 Å². The van der Waals surface area contributed by atoms with Gasteiger partial charge in [0.1, 0.15) is 6.61 Å². The van der Waals surface area contributed by atoms with Crippen molar-refractivity contribution in [2.24, 2.45) is 4.99 Å². The molecule has 0 N–H and O–H groups in total. The Bertz CT molecular complexity index is 1990. The maximum absolute atomic E-state index is 14.4. The first-order valence-corrected chi connectivity index (χ1v) is 16.6. The second-order valence-corrected chi connectivity index (χ2v) is 13.0. The van der Waals surface area contributed by atoms with Gasteiger partial charge in [0.05, 0.1) is 33.8 Å². The Morgan fingerprint density at radius 2 is 1.74 bits per heavy atom. The fourth-order valence-electron chi connectivity index (χ4n) is 4.76. The zero-order valence-corrected chi connectivity index (χ0v) is 28.9. The zero-order valence-electron chi connectivity index (χ0n) is 24.2. The number of benzene rings is 3. The molecule has 4 aromatic rings. The lowest BCUT2D eigenvalue weighted by Crippen LogP contribution is -2.41. The first kappa shape index (κ1) is 34.0. The summed E-state index contributed by atoms with van der Waals surface area (Å²) in [6.45, 7) is 3.70. The van der Waals surface area contributed by atoms with Gasteiger partial charge in [-0.3, -0.25) is 9.36 Å². The summed E-state index contributed by atoms with van der Waals surface area (Å²) in [4.78, 5) is 30.5. The van der Waals surface area contributed by atoms with Crippen LogP contribution in [0.5, 0.6) is 11.5 Å².